The van der Waals surface area contributed by atoms with Gasteiger partial charge in [0, 0.05) is 12.4 Å². The minimum atomic E-state index is 0.670. The van der Waals surface area contributed by atoms with Gasteiger partial charge in [-0.05, 0) is 87.5 Å². The summed E-state index contributed by atoms with van der Waals surface area (Å²) in [5.74, 6) is 3.09. The van der Waals surface area contributed by atoms with Gasteiger partial charge in [-0.3, -0.25) is 4.98 Å². The summed E-state index contributed by atoms with van der Waals surface area (Å²) in [5, 5.41) is 0. The molecule has 3 heteroatoms. The topological polar surface area (TPSA) is 22.1 Å². The molecule has 2 nitrogen and oxygen atoms in total. The first-order valence-electron chi connectivity index (χ1n) is 7.06. The third kappa shape index (κ3) is 1.80. The maximum Gasteiger partial charge on any atom is 0.133 e. The molecule has 1 saturated carbocycles. The molecule has 1 aromatic heterocycles. The molecule has 2 aliphatic carbocycles. The smallest absolute Gasteiger partial charge is 0.133 e. The van der Waals surface area contributed by atoms with Crippen molar-refractivity contribution in [3.05, 3.63) is 57.8 Å². The molecule has 1 fully saturated rings. The highest BCUT2D eigenvalue weighted by atomic mass is 79.9. The molecule has 20 heavy (non-hydrogen) atoms. The van der Waals surface area contributed by atoms with Gasteiger partial charge in [0.1, 0.15) is 5.75 Å². The first kappa shape index (κ1) is 12.4. The van der Waals surface area contributed by atoms with Crippen LogP contribution in [-0.2, 0) is 6.42 Å². The number of hydrogen-bond donors (Lipinski definition) is 0. The van der Waals surface area contributed by atoms with Crippen LogP contribution in [-0.4, -0.2) is 12.1 Å². The van der Waals surface area contributed by atoms with Crippen LogP contribution in [0.2, 0.25) is 0 Å². The molecule has 2 aliphatic rings. The van der Waals surface area contributed by atoms with Gasteiger partial charge in [-0.1, -0.05) is 0 Å². The molecule has 1 heterocycles. The second-order valence-electron chi connectivity index (χ2n) is 5.72. The maximum absolute atomic E-state index is 5.46. The highest BCUT2D eigenvalue weighted by Gasteiger charge is 2.53. The molecule has 0 N–H and O–H groups in total. The standard InChI is InChI=1S/C17H16BrNO/c1-20-15-9-13-11(8-14(15)18)2-3-12-16(17(12)13)10-4-6-19-7-5-10/h4-9,12,16-17H,2-3H2,1H3/t12-,16-,17+/m0/s1. The van der Waals surface area contributed by atoms with Gasteiger partial charge in [0.05, 0.1) is 11.6 Å². The molecule has 0 bridgehead atoms. The Morgan fingerprint density at radius 1 is 1.20 bits per heavy atom. The van der Waals surface area contributed by atoms with Gasteiger partial charge in [0.25, 0.3) is 0 Å². The summed E-state index contributed by atoms with van der Waals surface area (Å²) >= 11 is 3.60. The van der Waals surface area contributed by atoms with E-state index in [1.54, 1.807) is 7.11 Å². The van der Waals surface area contributed by atoms with Crippen molar-refractivity contribution in [2.45, 2.75) is 24.7 Å². The number of hydrogen-bond acceptors (Lipinski definition) is 2. The van der Waals surface area contributed by atoms with Gasteiger partial charge >= 0.3 is 0 Å². The van der Waals surface area contributed by atoms with Gasteiger partial charge in [0.15, 0.2) is 0 Å². The number of pyridine rings is 1. The molecular formula is C17H16BrNO. The van der Waals surface area contributed by atoms with Crippen molar-refractivity contribution in [3.8, 4) is 5.75 Å². The fraction of sp³-hybridized carbons (Fsp3) is 0.353. The Hall–Kier alpha value is -1.35. The van der Waals surface area contributed by atoms with Gasteiger partial charge < -0.3 is 4.74 Å². The molecule has 0 unspecified atom stereocenters. The van der Waals surface area contributed by atoms with Crippen molar-refractivity contribution in [1.82, 2.24) is 4.98 Å². The molecule has 0 spiro atoms. The second kappa shape index (κ2) is 4.59. The third-order valence-corrected chi connectivity index (χ3v) is 5.40. The largest absolute Gasteiger partial charge is 0.496 e. The van der Waals surface area contributed by atoms with Crippen LogP contribution in [0.3, 0.4) is 0 Å². The molecule has 1 aromatic carbocycles. The number of methoxy groups -OCH3 is 1. The number of aryl methyl sites for hydroxylation is 1. The molecule has 0 saturated heterocycles. The summed E-state index contributed by atoms with van der Waals surface area (Å²) in [5.41, 5.74) is 4.41. The third-order valence-electron chi connectivity index (χ3n) is 4.78. The van der Waals surface area contributed by atoms with Crippen LogP contribution in [0.4, 0.5) is 0 Å². The fourth-order valence-electron chi connectivity index (χ4n) is 3.81. The quantitative estimate of drug-likeness (QED) is 0.819. The zero-order valence-electron chi connectivity index (χ0n) is 11.3. The van der Waals surface area contributed by atoms with Gasteiger partial charge in [0.2, 0.25) is 0 Å². The van der Waals surface area contributed by atoms with E-state index in [9.17, 15) is 0 Å². The molecular weight excluding hydrogens is 314 g/mol. The number of halogens is 1. The Balaban J connectivity index is 1.74. The first-order valence-corrected chi connectivity index (χ1v) is 7.85. The van der Waals surface area contributed by atoms with Crippen molar-refractivity contribution in [3.63, 3.8) is 0 Å². The lowest BCUT2D eigenvalue weighted by Gasteiger charge is -2.16. The summed E-state index contributed by atoms with van der Waals surface area (Å²) in [6.45, 7) is 0. The lowest BCUT2D eigenvalue weighted by molar-refractivity contribution is 0.411. The monoisotopic (exact) mass is 329 g/mol. The average Bonchev–Trinajstić information content (AvgIpc) is 3.22. The minimum absolute atomic E-state index is 0.670. The Bertz CT molecular complexity index is 656. The van der Waals surface area contributed by atoms with E-state index in [1.807, 2.05) is 12.4 Å². The van der Waals surface area contributed by atoms with Crippen molar-refractivity contribution in [2.75, 3.05) is 7.11 Å². The number of fused-ring (bicyclic) bond motifs is 3. The van der Waals surface area contributed by atoms with Crippen molar-refractivity contribution < 1.29 is 4.74 Å². The van der Waals surface area contributed by atoms with Gasteiger partial charge in [-0.2, -0.15) is 0 Å². The summed E-state index contributed by atoms with van der Waals surface area (Å²) < 4.78 is 6.53. The highest BCUT2D eigenvalue weighted by molar-refractivity contribution is 9.10. The zero-order valence-corrected chi connectivity index (χ0v) is 12.9. The van der Waals surface area contributed by atoms with E-state index in [2.05, 4.69) is 45.2 Å². The molecule has 2 aromatic rings. The number of benzene rings is 1. The predicted molar refractivity (Wildman–Crippen MR) is 82.2 cm³/mol. The average molecular weight is 330 g/mol. The first-order chi connectivity index (χ1) is 9.79. The Morgan fingerprint density at radius 3 is 2.75 bits per heavy atom. The molecule has 0 radical (unpaired) electrons. The molecule has 0 amide bonds. The van der Waals surface area contributed by atoms with Crippen LogP contribution < -0.4 is 4.74 Å². The zero-order chi connectivity index (χ0) is 13.7. The number of nitrogens with zero attached hydrogens (tertiary/aromatic N) is 1. The molecule has 4 rings (SSSR count). The molecule has 0 aliphatic heterocycles. The van der Waals surface area contributed by atoms with E-state index in [0.717, 1.165) is 16.1 Å². The normalized spacial score (nSPS) is 26.6. The van der Waals surface area contributed by atoms with E-state index in [4.69, 9.17) is 4.74 Å². The van der Waals surface area contributed by atoms with Crippen molar-refractivity contribution in [2.24, 2.45) is 5.92 Å². The highest BCUT2D eigenvalue weighted by Crippen LogP contribution is 2.65. The van der Waals surface area contributed by atoms with E-state index < -0.39 is 0 Å². The van der Waals surface area contributed by atoms with E-state index in [0.29, 0.717) is 11.8 Å². The maximum atomic E-state index is 5.46. The van der Waals surface area contributed by atoms with E-state index in [1.165, 1.54) is 29.5 Å². The van der Waals surface area contributed by atoms with Crippen LogP contribution in [0.25, 0.3) is 0 Å². The van der Waals surface area contributed by atoms with Crippen LogP contribution in [0, 0.1) is 5.92 Å². The lowest BCUT2D eigenvalue weighted by atomic mass is 9.91. The Labute approximate surface area is 127 Å². The fourth-order valence-corrected chi connectivity index (χ4v) is 4.37. The minimum Gasteiger partial charge on any atom is -0.496 e. The van der Waals surface area contributed by atoms with Gasteiger partial charge in [-0.15, -0.1) is 0 Å². The summed E-state index contributed by atoms with van der Waals surface area (Å²) in [6, 6.07) is 8.81. The second-order valence-corrected chi connectivity index (χ2v) is 6.57. The van der Waals surface area contributed by atoms with E-state index >= 15 is 0 Å². The number of ether oxygens (including phenoxy) is 1. The predicted octanol–water partition coefficient (Wildman–Crippen LogP) is 4.30. The summed E-state index contributed by atoms with van der Waals surface area (Å²) in [6.07, 6.45) is 6.29. The van der Waals surface area contributed by atoms with E-state index in [-0.39, 0.29) is 0 Å². The van der Waals surface area contributed by atoms with Crippen LogP contribution in [0.1, 0.15) is 34.9 Å². The van der Waals surface area contributed by atoms with Crippen LogP contribution in [0.15, 0.2) is 41.1 Å². The number of rotatable bonds is 2. The number of aromatic nitrogens is 1. The molecule has 102 valence electrons. The summed E-state index contributed by atoms with van der Waals surface area (Å²) in [4.78, 5) is 4.13. The Kier molecular flexibility index (Phi) is 2.84. The van der Waals surface area contributed by atoms with Crippen LogP contribution in [0.5, 0.6) is 5.75 Å². The van der Waals surface area contributed by atoms with Crippen LogP contribution >= 0.6 is 15.9 Å². The Morgan fingerprint density at radius 2 is 2.00 bits per heavy atom. The van der Waals surface area contributed by atoms with Gasteiger partial charge in [-0.25, -0.2) is 0 Å². The lowest BCUT2D eigenvalue weighted by Crippen LogP contribution is -2.02. The summed E-state index contributed by atoms with van der Waals surface area (Å²) in [7, 11) is 1.74. The van der Waals surface area contributed by atoms with Crippen molar-refractivity contribution in [1.29, 1.82) is 0 Å². The molecule has 3 atom stereocenters. The SMILES string of the molecule is COc1cc2c(cc1Br)CC[C@H]1[C@H](c3ccncc3)[C@@H]21. The van der Waals surface area contributed by atoms with Crippen molar-refractivity contribution >= 4 is 15.9 Å².